The van der Waals surface area contributed by atoms with Gasteiger partial charge in [0, 0.05) is 38.6 Å². The normalized spacial score (nSPS) is 19.6. The smallest absolute Gasteiger partial charge is 0.410 e. The van der Waals surface area contributed by atoms with Gasteiger partial charge in [-0.25, -0.2) is 4.79 Å². The quantitative estimate of drug-likeness (QED) is 0.530. The molecule has 196 valence electrons. The molecule has 2 fully saturated rings. The summed E-state index contributed by atoms with van der Waals surface area (Å²) in [5.74, 6) is 0.0675. The largest absolute Gasteiger partial charge is 0.444 e. The van der Waals surface area contributed by atoms with Crippen LogP contribution < -0.4 is 0 Å². The highest BCUT2D eigenvalue weighted by molar-refractivity contribution is 5.68. The monoisotopic (exact) mass is 492 g/mol. The first kappa shape index (κ1) is 26.7. The fourth-order valence-corrected chi connectivity index (χ4v) is 5.79. The lowest BCUT2D eigenvalue weighted by Gasteiger charge is -2.44. The van der Waals surface area contributed by atoms with Crippen LogP contribution in [0.25, 0.3) is 0 Å². The first-order chi connectivity index (χ1) is 17.2. The van der Waals surface area contributed by atoms with Crippen molar-refractivity contribution >= 4 is 6.09 Å². The Labute approximate surface area is 217 Å². The number of rotatable bonds is 7. The third-order valence-electron chi connectivity index (χ3n) is 7.79. The number of aryl methyl sites for hydroxylation is 2. The second-order valence-electron chi connectivity index (χ2n) is 11.7. The predicted molar refractivity (Wildman–Crippen MR) is 145 cm³/mol. The van der Waals surface area contributed by atoms with Crippen molar-refractivity contribution in [2.45, 2.75) is 82.8 Å². The van der Waals surface area contributed by atoms with Crippen molar-refractivity contribution in [3.8, 4) is 0 Å². The molecule has 0 spiro atoms. The van der Waals surface area contributed by atoms with E-state index in [1.54, 1.807) is 0 Å². The molecule has 1 aliphatic heterocycles. The first-order valence-corrected chi connectivity index (χ1v) is 13.8. The highest BCUT2D eigenvalue weighted by atomic mass is 16.6. The minimum Gasteiger partial charge on any atom is -0.444 e. The highest BCUT2D eigenvalue weighted by Crippen LogP contribution is 2.42. The van der Waals surface area contributed by atoms with E-state index in [1.807, 2.05) is 25.7 Å². The van der Waals surface area contributed by atoms with Crippen LogP contribution in [-0.2, 0) is 17.6 Å². The average molecular weight is 493 g/mol. The minimum absolute atomic E-state index is 0.0675. The number of carbonyl (C=O) groups is 1. The Morgan fingerprint density at radius 2 is 1.56 bits per heavy atom. The summed E-state index contributed by atoms with van der Waals surface area (Å²) in [5, 5.41) is 12.0. The van der Waals surface area contributed by atoms with Crippen LogP contribution in [0.5, 0.6) is 0 Å². The van der Waals surface area contributed by atoms with Crippen LogP contribution >= 0.6 is 0 Å². The van der Waals surface area contributed by atoms with Gasteiger partial charge in [-0.05, 0) is 63.1 Å². The molecular formula is C31H44N2O3. The number of hydrogen-bond donors (Lipinski definition) is 1. The Hall–Kier alpha value is -2.37. The molecule has 1 aliphatic carbocycles. The summed E-state index contributed by atoms with van der Waals surface area (Å²) >= 11 is 0. The molecule has 1 saturated carbocycles. The number of carbonyl (C=O) groups excluding carboxylic acids is 1. The third kappa shape index (κ3) is 7.10. The van der Waals surface area contributed by atoms with E-state index in [4.69, 9.17) is 4.74 Å². The number of ether oxygens (including phenoxy) is 1. The molecule has 1 saturated heterocycles. The van der Waals surface area contributed by atoms with Gasteiger partial charge in [0.15, 0.2) is 0 Å². The zero-order valence-corrected chi connectivity index (χ0v) is 22.4. The summed E-state index contributed by atoms with van der Waals surface area (Å²) in [6.07, 6.45) is 6.86. The zero-order chi connectivity index (χ0) is 25.6. The predicted octanol–water partition coefficient (Wildman–Crippen LogP) is 5.80. The molecule has 2 aromatic rings. The van der Waals surface area contributed by atoms with Crippen LogP contribution in [0.3, 0.4) is 0 Å². The van der Waals surface area contributed by atoms with Gasteiger partial charge in [-0.3, -0.25) is 4.90 Å². The van der Waals surface area contributed by atoms with E-state index < -0.39 is 11.2 Å². The van der Waals surface area contributed by atoms with Crippen molar-refractivity contribution in [2.75, 3.05) is 32.7 Å². The zero-order valence-electron chi connectivity index (χ0n) is 22.4. The van der Waals surface area contributed by atoms with Gasteiger partial charge in [-0.2, -0.15) is 0 Å². The summed E-state index contributed by atoms with van der Waals surface area (Å²) in [5.41, 5.74) is 2.83. The van der Waals surface area contributed by atoms with Gasteiger partial charge in [-0.1, -0.05) is 73.9 Å². The molecule has 5 heteroatoms. The van der Waals surface area contributed by atoms with Gasteiger partial charge in [-0.15, -0.1) is 0 Å². The minimum atomic E-state index is -0.677. The standard InChI is InChI=1S/C31H44N2O3/c1-30(2,3)36-29(34)33-22-20-32(21-23-33)24-28(31(35)18-10-5-11-19-31)27-15-9-8-14-26(27)17-16-25-12-6-4-7-13-25/h4,6-9,12-15,28,35H,5,10-11,16-24H2,1-3H3. The molecule has 5 nitrogen and oxygen atoms in total. The SMILES string of the molecule is CC(C)(C)OC(=O)N1CCN(CC(c2ccccc2CCc2ccccc2)C2(O)CCCCC2)CC1. The third-order valence-corrected chi connectivity index (χ3v) is 7.79. The van der Waals surface area contributed by atoms with E-state index in [0.717, 1.165) is 58.2 Å². The Bertz CT molecular complexity index is 971. The van der Waals surface area contributed by atoms with Crippen LogP contribution in [0.2, 0.25) is 0 Å². The van der Waals surface area contributed by atoms with E-state index in [0.29, 0.717) is 13.1 Å². The maximum atomic E-state index is 12.5. The highest BCUT2D eigenvalue weighted by Gasteiger charge is 2.41. The fourth-order valence-electron chi connectivity index (χ4n) is 5.79. The maximum absolute atomic E-state index is 12.5. The summed E-state index contributed by atoms with van der Waals surface area (Å²) < 4.78 is 5.58. The molecule has 36 heavy (non-hydrogen) atoms. The summed E-state index contributed by atoms with van der Waals surface area (Å²) in [4.78, 5) is 16.8. The molecule has 0 aromatic heterocycles. The molecule has 4 rings (SSSR count). The van der Waals surface area contributed by atoms with Crippen LogP contribution in [0.1, 0.15) is 75.5 Å². The molecule has 1 amide bonds. The Balaban J connectivity index is 1.49. The summed E-state index contributed by atoms with van der Waals surface area (Å²) in [7, 11) is 0. The van der Waals surface area contributed by atoms with E-state index in [1.165, 1.54) is 23.1 Å². The van der Waals surface area contributed by atoms with Crippen LogP contribution in [0.4, 0.5) is 4.79 Å². The Morgan fingerprint density at radius 3 is 2.22 bits per heavy atom. The van der Waals surface area contributed by atoms with Crippen LogP contribution in [-0.4, -0.2) is 64.9 Å². The van der Waals surface area contributed by atoms with Crippen molar-refractivity contribution in [1.29, 1.82) is 0 Å². The molecule has 2 aliphatic rings. The lowest BCUT2D eigenvalue weighted by Crippen LogP contribution is -2.53. The average Bonchev–Trinajstić information content (AvgIpc) is 2.87. The fraction of sp³-hybridized carbons (Fsp3) is 0.581. The molecular weight excluding hydrogens is 448 g/mol. The van der Waals surface area contributed by atoms with Gasteiger partial charge >= 0.3 is 6.09 Å². The van der Waals surface area contributed by atoms with E-state index in [9.17, 15) is 9.90 Å². The second kappa shape index (κ2) is 11.8. The van der Waals surface area contributed by atoms with E-state index >= 15 is 0 Å². The van der Waals surface area contributed by atoms with Gasteiger partial charge in [0.25, 0.3) is 0 Å². The van der Waals surface area contributed by atoms with Gasteiger partial charge < -0.3 is 14.7 Å². The van der Waals surface area contributed by atoms with Gasteiger partial charge in [0.05, 0.1) is 5.60 Å². The Morgan fingerprint density at radius 1 is 0.917 bits per heavy atom. The van der Waals surface area contributed by atoms with E-state index in [-0.39, 0.29) is 12.0 Å². The number of aliphatic hydroxyl groups is 1. The number of nitrogens with zero attached hydrogens (tertiary/aromatic N) is 2. The molecule has 0 radical (unpaired) electrons. The molecule has 1 atom stereocenters. The van der Waals surface area contributed by atoms with E-state index in [2.05, 4.69) is 59.5 Å². The summed E-state index contributed by atoms with van der Waals surface area (Å²) in [6.45, 7) is 9.48. The number of benzene rings is 2. The molecule has 1 unspecified atom stereocenters. The van der Waals surface area contributed by atoms with Crippen molar-refractivity contribution in [3.05, 3.63) is 71.3 Å². The molecule has 1 N–H and O–H groups in total. The Kier molecular flexibility index (Phi) is 8.74. The number of hydrogen-bond acceptors (Lipinski definition) is 4. The first-order valence-electron chi connectivity index (χ1n) is 13.8. The lowest BCUT2D eigenvalue weighted by molar-refractivity contribution is -0.0359. The van der Waals surface area contributed by atoms with Crippen molar-refractivity contribution in [3.63, 3.8) is 0 Å². The topological polar surface area (TPSA) is 53.0 Å². The van der Waals surface area contributed by atoms with Crippen LogP contribution in [0.15, 0.2) is 54.6 Å². The number of piperazine rings is 1. The van der Waals surface area contributed by atoms with Gasteiger partial charge in [0.2, 0.25) is 0 Å². The maximum Gasteiger partial charge on any atom is 0.410 e. The molecule has 0 bridgehead atoms. The molecule has 1 heterocycles. The number of amides is 1. The van der Waals surface area contributed by atoms with Crippen molar-refractivity contribution in [1.82, 2.24) is 9.80 Å². The second-order valence-corrected chi connectivity index (χ2v) is 11.7. The molecule has 2 aromatic carbocycles. The van der Waals surface area contributed by atoms with Crippen molar-refractivity contribution < 1.29 is 14.6 Å². The van der Waals surface area contributed by atoms with Gasteiger partial charge in [0.1, 0.15) is 5.60 Å². The lowest BCUT2D eigenvalue weighted by atomic mass is 9.71. The summed E-state index contributed by atoms with van der Waals surface area (Å²) in [6, 6.07) is 19.4. The van der Waals surface area contributed by atoms with Crippen LogP contribution in [0, 0.1) is 0 Å². The van der Waals surface area contributed by atoms with Crippen molar-refractivity contribution in [2.24, 2.45) is 0 Å².